The molecule has 0 N–H and O–H groups in total. The van der Waals surface area contributed by atoms with Crippen molar-refractivity contribution in [2.45, 2.75) is 19.8 Å². The summed E-state index contributed by atoms with van der Waals surface area (Å²) >= 11 is 7.49. The van der Waals surface area contributed by atoms with Gasteiger partial charge in [-0.1, -0.05) is 42.8 Å². The third-order valence-corrected chi connectivity index (χ3v) is 4.69. The van der Waals surface area contributed by atoms with Gasteiger partial charge in [0.2, 0.25) is 0 Å². The van der Waals surface area contributed by atoms with Crippen molar-refractivity contribution in [2.75, 3.05) is 0 Å². The van der Waals surface area contributed by atoms with Gasteiger partial charge in [-0.25, -0.2) is 4.98 Å². The Morgan fingerprint density at radius 2 is 2.00 bits per heavy atom. The monoisotopic (exact) mass is 357 g/mol. The lowest BCUT2D eigenvalue weighted by Crippen LogP contribution is -2.11. The van der Waals surface area contributed by atoms with Crippen LogP contribution in [0.2, 0.25) is 5.02 Å². The number of ether oxygens (including phenoxy) is 1. The van der Waals surface area contributed by atoms with Gasteiger partial charge in [-0.15, -0.1) is 11.3 Å². The number of carbonyl (C=O) groups is 1. The molecule has 24 heavy (non-hydrogen) atoms. The minimum atomic E-state index is -0.317. The first kappa shape index (κ1) is 16.7. The molecule has 0 aliphatic rings. The Hall–Kier alpha value is -2.17. The summed E-state index contributed by atoms with van der Waals surface area (Å²) in [5, 5.41) is 3.38. The lowest BCUT2D eigenvalue weighted by atomic mass is 10.2. The molecule has 1 heterocycles. The van der Waals surface area contributed by atoms with E-state index >= 15 is 0 Å². The van der Waals surface area contributed by atoms with Crippen LogP contribution in [0.15, 0.2) is 53.9 Å². The van der Waals surface area contributed by atoms with E-state index < -0.39 is 0 Å². The number of nitrogens with zero attached hydrogens (tertiary/aromatic N) is 1. The molecular formula is C19H16ClNO2S. The van der Waals surface area contributed by atoms with E-state index in [-0.39, 0.29) is 12.4 Å². The number of thiazole rings is 1. The fraction of sp³-hybridized carbons (Fsp3) is 0.158. The fourth-order valence-corrected chi connectivity index (χ4v) is 3.26. The number of rotatable bonds is 5. The first-order valence-corrected chi connectivity index (χ1v) is 8.90. The van der Waals surface area contributed by atoms with Gasteiger partial charge in [0.1, 0.15) is 10.8 Å². The molecule has 0 saturated carbocycles. The minimum absolute atomic E-state index is 0.145. The first-order valence-electron chi connectivity index (χ1n) is 7.64. The van der Waals surface area contributed by atoms with Crippen LogP contribution < -0.4 is 4.74 Å². The highest BCUT2D eigenvalue weighted by Crippen LogP contribution is 2.26. The van der Waals surface area contributed by atoms with Crippen molar-refractivity contribution in [1.82, 2.24) is 4.98 Å². The van der Waals surface area contributed by atoms with Crippen molar-refractivity contribution >= 4 is 28.9 Å². The molecule has 2 aromatic carbocycles. The summed E-state index contributed by atoms with van der Waals surface area (Å²) in [5.41, 5.74) is 2.85. The van der Waals surface area contributed by atoms with E-state index in [1.807, 2.05) is 53.9 Å². The molecule has 3 aromatic rings. The van der Waals surface area contributed by atoms with Gasteiger partial charge in [-0.3, -0.25) is 4.79 Å². The van der Waals surface area contributed by atoms with Gasteiger partial charge in [0.15, 0.2) is 0 Å². The lowest BCUT2D eigenvalue weighted by molar-refractivity contribution is -0.133. The molecule has 3 nitrogen and oxygen atoms in total. The van der Waals surface area contributed by atoms with Crippen LogP contribution in [0, 0.1) is 0 Å². The highest BCUT2D eigenvalue weighted by atomic mass is 35.5. The molecule has 0 spiro atoms. The smallest absolute Gasteiger partial charge is 0.317 e. The zero-order valence-electron chi connectivity index (χ0n) is 13.2. The largest absolute Gasteiger partial charge is 0.426 e. The second-order valence-electron chi connectivity index (χ2n) is 5.30. The summed E-state index contributed by atoms with van der Waals surface area (Å²) in [5.74, 6) is 0.240. The molecule has 0 aliphatic carbocycles. The number of aryl methyl sites for hydroxylation is 1. The van der Waals surface area contributed by atoms with Gasteiger partial charge in [0.25, 0.3) is 0 Å². The Morgan fingerprint density at radius 3 is 2.71 bits per heavy atom. The number of hydrogen-bond acceptors (Lipinski definition) is 4. The van der Waals surface area contributed by atoms with Crippen LogP contribution in [0.4, 0.5) is 0 Å². The van der Waals surface area contributed by atoms with Crippen LogP contribution in [0.3, 0.4) is 0 Å². The summed E-state index contributed by atoms with van der Waals surface area (Å²) in [6.45, 7) is 2.08. The van der Waals surface area contributed by atoms with Crippen molar-refractivity contribution in [3.05, 3.63) is 70.2 Å². The van der Waals surface area contributed by atoms with E-state index in [4.69, 9.17) is 16.3 Å². The third-order valence-electron chi connectivity index (χ3n) is 3.51. The third kappa shape index (κ3) is 4.22. The predicted octanol–water partition coefficient (Wildman–Crippen LogP) is 5.17. The predicted molar refractivity (Wildman–Crippen MR) is 97.7 cm³/mol. The Balaban J connectivity index is 1.64. The van der Waals surface area contributed by atoms with Crippen LogP contribution in [0.25, 0.3) is 10.6 Å². The molecule has 0 saturated heterocycles. The van der Waals surface area contributed by atoms with E-state index in [0.29, 0.717) is 16.5 Å². The van der Waals surface area contributed by atoms with Crippen molar-refractivity contribution in [1.29, 1.82) is 0 Å². The summed E-state index contributed by atoms with van der Waals surface area (Å²) in [7, 11) is 0. The fourth-order valence-electron chi connectivity index (χ4n) is 2.25. The molecular weight excluding hydrogens is 342 g/mol. The molecule has 1 aromatic heterocycles. The van der Waals surface area contributed by atoms with Crippen molar-refractivity contribution in [3.63, 3.8) is 0 Å². The molecule has 0 fully saturated rings. The average molecular weight is 358 g/mol. The van der Waals surface area contributed by atoms with Gasteiger partial charge < -0.3 is 4.74 Å². The van der Waals surface area contributed by atoms with Crippen LogP contribution >= 0.6 is 22.9 Å². The van der Waals surface area contributed by atoms with Crippen molar-refractivity contribution < 1.29 is 9.53 Å². The Bertz CT molecular complexity index is 843. The van der Waals surface area contributed by atoms with E-state index in [1.165, 1.54) is 16.9 Å². The van der Waals surface area contributed by atoms with Gasteiger partial charge in [-0.05, 0) is 36.2 Å². The maximum atomic E-state index is 12.1. The normalized spacial score (nSPS) is 10.6. The van der Waals surface area contributed by atoms with Crippen LogP contribution in [-0.4, -0.2) is 11.0 Å². The second-order valence-corrected chi connectivity index (χ2v) is 6.60. The quantitative estimate of drug-likeness (QED) is 0.467. The molecule has 0 aliphatic heterocycles. The maximum Gasteiger partial charge on any atom is 0.317 e. The van der Waals surface area contributed by atoms with Gasteiger partial charge in [0.05, 0.1) is 12.1 Å². The van der Waals surface area contributed by atoms with Crippen molar-refractivity contribution in [3.8, 4) is 16.3 Å². The van der Waals surface area contributed by atoms with Crippen molar-refractivity contribution in [2.24, 2.45) is 0 Å². The SMILES string of the molecule is CCc1ccc(OC(=O)Cc2csc(-c3cccc(Cl)c3)n2)cc1. The number of esters is 1. The van der Waals surface area contributed by atoms with Crippen LogP contribution in [-0.2, 0) is 17.6 Å². The molecule has 0 unspecified atom stereocenters. The summed E-state index contributed by atoms with van der Waals surface area (Å²) in [4.78, 5) is 16.5. The average Bonchev–Trinajstić information content (AvgIpc) is 3.04. The van der Waals surface area contributed by atoms with E-state index in [1.54, 1.807) is 0 Å². The second kappa shape index (κ2) is 7.60. The highest BCUT2D eigenvalue weighted by molar-refractivity contribution is 7.13. The summed E-state index contributed by atoms with van der Waals surface area (Å²) in [6.07, 6.45) is 1.10. The highest BCUT2D eigenvalue weighted by Gasteiger charge is 2.11. The van der Waals surface area contributed by atoms with Gasteiger partial charge in [-0.2, -0.15) is 0 Å². The Labute approximate surface area is 149 Å². The molecule has 0 amide bonds. The number of hydrogen-bond donors (Lipinski definition) is 0. The first-order chi connectivity index (χ1) is 11.6. The number of halogens is 1. The number of benzene rings is 2. The molecule has 0 radical (unpaired) electrons. The molecule has 3 rings (SSSR count). The van der Waals surface area contributed by atoms with E-state index in [2.05, 4.69) is 11.9 Å². The minimum Gasteiger partial charge on any atom is -0.426 e. The zero-order chi connectivity index (χ0) is 16.9. The van der Waals surface area contributed by atoms with E-state index in [9.17, 15) is 4.79 Å². The molecule has 0 bridgehead atoms. The maximum absolute atomic E-state index is 12.1. The standard InChI is InChI=1S/C19H16ClNO2S/c1-2-13-6-8-17(9-7-13)23-18(22)11-16-12-24-19(21-16)14-4-3-5-15(20)10-14/h3-10,12H,2,11H2,1H3. The summed E-state index contributed by atoms with van der Waals surface area (Å²) in [6, 6.07) is 15.1. The molecule has 122 valence electrons. The number of carbonyl (C=O) groups excluding carboxylic acids is 1. The lowest BCUT2D eigenvalue weighted by Gasteiger charge is -2.04. The van der Waals surface area contributed by atoms with Gasteiger partial charge in [0, 0.05) is 16.0 Å². The van der Waals surface area contributed by atoms with Gasteiger partial charge >= 0.3 is 5.97 Å². The topological polar surface area (TPSA) is 39.2 Å². The molecule has 5 heteroatoms. The Kier molecular flexibility index (Phi) is 5.28. The molecule has 0 atom stereocenters. The van der Waals surface area contributed by atoms with E-state index in [0.717, 1.165) is 17.0 Å². The Morgan fingerprint density at radius 1 is 1.21 bits per heavy atom. The van der Waals surface area contributed by atoms with Crippen LogP contribution in [0.5, 0.6) is 5.75 Å². The summed E-state index contributed by atoms with van der Waals surface area (Å²) < 4.78 is 5.36. The zero-order valence-corrected chi connectivity index (χ0v) is 14.7. The number of aromatic nitrogens is 1. The van der Waals surface area contributed by atoms with Crippen LogP contribution in [0.1, 0.15) is 18.2 Å².